The fourth-order valence-corrected chi connectivity index (χ4v) is 1.63. The van der Waals surface area contributed by atoms with Gasteiger partial charge in [-0.05, 0) is 12.2 Å². The van der Waals surface area contributed by atoms with Gasteiger partial charge in [0, 0.05) is 18.1 Å². The second-order valence-electron chi connectivity index (χ2n) is 3.42. The van der Waals surface area contributed by atoms with Crippen LogP contribution in [0.4, 0.5) is 0 Å². The molecule has 0 N–H and O–H groups in total. The van der Waals surface area contributed by atoms with Crippen molar-refractivity contribution in [2.75, 3.05) is 12.0 Å². The molecular formula is C9H18OS. The fraction of sp³-hybridized carbons (Fsp3) is 0.889. The van der Waals surface area contributed by atoms with E-state index < -0.39 is 0 Å². The zero-order chi connectivity index (χ0) is 8.85. The molecule has 0 aromatic heterocycles. The lowest BCUT2D eigenvalue weighted by atomic mass is 9.99. The largest absolute Gasteiger partial charge is 0.299 e. The minimum Gasteiger partial charge on any atom is -0.299 e. The Morgan fingerprint density at radius 1 is 1.36 bits per heavy atom. The van der Waals surface area contributed by atoms with Crippen molar-refractivity contribution in [3.8, 4) is 0 Å². The average molecular weight is 174 g/mol. The van der Waals surface area contributed by atoms with Crippen molar-refractivity contribution >= 4 is 17.5 Å². The van der Waals surface area contributed by atoms with E-state index in [4.69, 9.17) is 0 Å². The third-order valence-electron chi connectivity index (χ3n) is 1.58. The lowest BCUT2D eigenvalue weighted by molar-refractivity contribution is -0.122. The Kier molecular flexibility index (Phi) is 5.65. The zero-order valence-electron chi connectivity index (χ0n) is 7.89. The topological polar surface area (TPSA) is 17.1 Å². The van der Waals surface area contributed by atoms with Gasteiger partial charge >= 0.3 is 0 Å². The fourth-order valence-electron chi connectivity index (χ4n) is 0.946. The maximum Gasteiger partial charge on any atom is 0.136 e. The van der Waals surface area contributed by atoms with Crippen molar-refractivity contribution in [1.82, 2.24) is 0 Å². The quantitative estimate of drug-likeness (QED) is 0.637. The van der Waals surface area contributed by atoms with E-state index in [1.54, 1.807) is 11.8 Å². The number of carbonyl (C=O) groups excluding carboxylic acids is 1. The van der Waals surface area contributed by atoms with Crippen LogP contribution in [0, 0.1) is 11.8 Å². The highest BCUT2D eigenvalue weighted by molar-refractivity contribution is 7.98. The van der Waals surface area contributed by atoms with E-state index in [-0.39, 0.29) is 5.92 Å². The van der Waals surface area contributed by atoms with Gasteiger partial charge in [-0.1, -0.05) is 20.8 Å². The Morgan fingerprint density at radius 3 is 2.27 bits per heavy atom. The Labute approximate surface area is 73.9 Å². The van der Waals surface area contributed by atoms with Gasteiger partial charge in [-0.25, -0.2) is 0 Å². The van der Waals surface area contributed by atoms with Gasteiger partial charge in [0.2, 0.25) is 0 Å². The minimum atomic E-state index is 0.243. The molecule has 1 nitrogen and oxygen atoms in total. The van der Waals surface area contributed by atoms with Crippen LogP contribution in [0.1, 0.15) is 27.2 Å². The number of carbonyl (C=O) groups is 1. The van der Waals surface area contributed by atoms with Gasteiger partial charge in [0.25, 0.3) is 0 Å². The van der Waals surface area contributed by atoms with Crippen LogP contribution in [-0.2, 0) is 4.79 Å². The lowest BCUT2D eigenvalue weighted by Crippen LogP contribution is -2.15. The molecule has 0 aromatic rings. The summed E-state index contributed by atoms with van der Waals surface area (Å²) in [4.78, 5) is 11.3. The van der Waals surface area contributed by atoms with E-state index >= 15 is 0 Å². The van der Waals surface area contributed by atoms with E-state index in [9.17, 15) is 4.79 Å². The van der Waals surface area contributed by atoms with Gasteiger partial charge in [0.15, 0.2) is 0 Å². The molecule has 0 rings (SSSR count). The summed E-state index contributed by atoms with van der Waals surface area (Å²) in [5.74, 6) is 2.12. The second-order valence-corrected chi connectivity index (χ2v) is 4.33. The monoisotopic (exact) mass is 174 g/mol. The number of hydrogen-bond acceptors (Lipinski definition) is 2. The minimum absolute atomic E-state index is 0.243. The summed E-state index contributed by atoms with van der Waals surface area (Å²) in [6.07, 6.45) is 2.78. The van der Waals surface area contributed by atoms with E-state index in [0.717, 1.165) is 12.2 Å². The smallest absolute Gasteiger partial charge is 0.136 e. The summed E-state index contributed by atoms with van der Waals surface area (Å²) in [7, 11) is 0. The van der Waals surface area contributed by atoms with Crippen LogP contribution < -0.4 is 0 Å². The van der Waals surface area contributed by atoms with Crippen molar-refractivity contribution < 1.29 is 4.79 Å². The van der Waals surface area contributed by atoms with Gasteiger partial charge in [-0.2, -0.15) is 11.8 Å². The highest BCUT2D eigenvalue weighted by Crippen LogP contribution is 2.11. The molecule has 0 fully saturated rings. The summed E-state index contributed by atoms with van der Waals surface area (Å²) in [5, 5.41) is 0. The average Bonchev–Trinajstić information content (AvgIpc) is 1.86. The Bertz CT molecular complexity index is 121. The van der Waals surface area contributed by atoms with Gasteiger partial charge in [-0.3, -0.25) is 4.79 Å². The zero-order valence-corrected chi connectivity index (χ0v) is 8.70. The molecule has 0 aliphatic carbocycles. The summed E-state index contributed by atoms with van der Waals surface area (Å²) in [5.41, 5.74) is 0. The molecule has 0 saturated carbocycles. The SMILES string of the molecule is CSCC(C)C(=O)CC(C)C. The number of Topliss-reactive ketones (excluding diaryl/α,β-unsaturated/α-hetero) is 1. The summed E-state index contributed by atoms with van der Waals surface area (Å²) in [6.45, 7) is 6.19. The third-order valence-corrected chi connectivity index (χ3v) is 2.41. The predicted molar refractivity (Wildman–Crippen MR) is 52.0 cm³/mol. The normalized spacial score (nSPS) is 13.5. The van der Waals surface area contributed by atoms with Crippen LogP contribution in [0.15, 0.2) is 0 Å². The first kappa shape index (κ1) is 11.0. The van der Waals surface area contributed by atoms with Crippen LogP contribution in [0.2, 0.25) is 0 Å². The van der Waals surface area contributed by atoms with Gasteiger partial charge in [-0.15, -0.1) is 0 Å². The number of thioether (sulfide) groups is 1. The summed E-state index contributed by atoms with van der Waals surface area (Å²) >= 11 is 1.74. The van der Waals surface area contributed by atoms with E-state index in [1.807, 2.05) is 13.2 Å². The van der Waals surface area contributed by atoms with Gasteiger partial charge < -0.3 is 0 Å². The molecule has 1 unspecified atom stereocenters. The van der Waals surface area contributed by atoms with Crippen LogP contribution in [-0.4, -0.2) is 17.8 Å². The third kappa shape index (κ3) is 5.31. The molecule has 11 heavy (non-hydrogen) atoms. The number of hydrogen-bond donors (Lipinski definition) is 0. The number of ketones is 1. The molecule has 0 amide bonds. The molecule has 66 valence electrons. The molecule has 0 spiro atoms. The number of rotatable bonds is 5. The van der Waals surface area contributed by atoms with Crippen molar-refractivity contribution in [3.63, 3.8) is 0 Å². The van der Waals surface area contributed by atoms with Crippen molar-refractivity contribution in [2.24, 2.45) is 11.8 Å². The van der Waals surface area contributed by atoms with Crippen molar-refractivity contribution in [1.29, 1.82) is 0 Å². The maximum atomic E-state index is 11.3. The Morgan fingerprint density at radius 2 is 1.91 bits per heavy atom. The molecule has 0 aromatic carbocycles. The lowest BCUT2D eigenvalue weighted by Gasteiger charge is -2.09. The van der Waals surface area contributed by atoms with Crippen molar-refractivity contribution in [2.45, 2.75) is 27.2 Å². The molecule has 0 aliphatic rings. The van der Waals surface area contributed by atoms with Crippen LogP contribution >= 0.6 is 11.8 Å². The molecule has 2 heteroatoms. The molecule has 0 heterocycles. The summed E-state index contributed by atoms with van der Waals surface area (Å²) < 4.78 is 0. The molecule has 0 saturated heterocycles. The highest BCUT2D eigenvalue weighted by Gasteiger charge is 2.12. The van der Waals surface area contributed by atoms with Crippen LogP contribution in [0.3, 0.4) is 0 Å². The van der Waals surface area contributed by atoms with Crippen LogP contribution in [0.25, 0.3) is 0 Å². The van der Waals surface area contributed by atoms with E-state index in [0.29, 0.717) is 11.7 Å². The molecule has 1 atom stereocenters. The van der Waals surface area contributed by atoms with E-state index in [2.05, 4.69) is 13.8 Å². The standard InChI is InChI=1S/C9H18OS/c1-7(2)5-9(10)8(3)6-11-4/h7-8H,5-6H2,1-4H3. The predicted octanol–water partition coefficient (Wildman–Crippen LogP) is 2.60. The first-order valence-electron chi connectivity index (χ1n) is 4.09. The molecular weight excluding hydrogens is 156 g/mol. The second kappa shape index (κ2) is 5.64. The van der Waals surface area contributed by atoms with E-state index in [1.165, 1.54) is 0 Å². The first-order chi connectivity index (χ1) is 5.07. The Hall–Kier alpha value is 0.0200. The molecule has 0 bridgehead atoms. The van der Waals surface area contributed by atoms with Crippen molar-refractivity contribution in [3.05, 3.63) is 0 Å². The molecule has 0 radical (unpaired) electrons. The maximum absolute atomic E-state index is 11.3. The highest BCUT2D eigenvalue weighted by atomic mass is 32.2. The summed E-state index contributed by atoms with van der Waals surface area (Å²) in [6, 6.07) is 0. The van der Waals surface area contributed by atoms with Gasteiger partial charge in [0.1, 0.15) is 5.78 Å². The van der Waals surface area contributed by atoms with Gasteiger partial charge in [0.05, 0.1) is 0 Å². The molecule has 0 aliphatic heterocycles. The Balaban J connectivity index is 3.64. The van der Waals surface area contributed by atoms with Crippen LogP contribution in [0.5, 0.6) is 0 Å². The first-order valence-corrected chi connectivity index (χ1v) is 5.49.